The average molecular weight is 361 g/mol. The molecular formula is C20H19N5O2. The first-order chi connectivity index (χ1) is 13.1. The molecule has 2 heterocycles. The van der Waals surface area contributed by atoms with Crippen LogP contribution in [-0.2, 0) is 24.2 Å². The number of amides is 1. The second kappa shape index (κ2) is 7.11. The zero-order chi connectivity index (χ0) is 18.8. The highest BCUT2D eigenvalue weighted by Gasteiger charge is 2.17. The Bertz CT molecular complexity index is 1010. The number of hydrogen-bond acceptors (Lipinski definition) is 5. The number of ketones is 1. The molecule has 27 heavy (non-hydrogen) atoms. The molecule has 2 aromatic carbocycles. The minimum atomic E-state index is -0.0972. The summed E-state index contributed by atoms with van der Waals surface area (Å²) in [5.41, 5.74) is 4.44. The average Bonchev–Trinajstić information content (AvgIpc) is 3.16. The van der Waals surface area contributed by atoms with Crippen molar-refractivity contribution >= 4 is 17.4 Å². The highest BCUT2D eigenvalue weighted by Crippen LogP contribution is 2.24. The molecule has 0 unspecified atom stereocenters. The van der Waals surface area contributed by atoms with E-state index in [2.05, 4.69) is 27.7 Å². The van der Waals surface area contributed by atoms with Gasteiger partial charge in [0, 0.05) is 23.2 Å². The molecule has 7 heteroatoms. The van der Waals surface area contributed by atoms with Gasteiger partial charge in [-0.15, -0.1) is 10.2 Å². The van der Waals surface area contributed by atoms with E-state index >= 15 is 0 Å². The number of nitrogens with zero attached hydrogens (tertiary/aromatic N) is 4. The van der Waals surface area contributed by atoms with E-state index in [9.17, 15) is 9.59 Å². The predicted molar refractivity (Wildman–Crippen MR) is 100 cm³/mol. The zero-order valence-corrected chi connectivity index (χ0v) is 15.0. The summed E-state index contributed by atoms with van der Waals surface area (Å²) in [7, 11) is 0. The molecule has 0 saturated carbocycles. The number of Topliss-reactive ketones (excluding diaryl/α,β-unsaturated/α-hetero) is 1. The van der Waals surface area contributed by atoms with Crippen molar-refractivity contribution in [1.29, 1.82) is 0 Å². The van der Waals surface area contributed by atoms with Gasteiger partial charge in [-0.1, -0.05) is 31.2 Å². The Balaban J connectivity index is 1.48. The van der Waals surface area contributed by atoms with Crippen molar-refractivity contribution in [2.45, 2.75) is 32.7 Å². The molecule has 0 spiro atoms. The smallest absolute Gasteiger partial charge is 0.224 e. The van der Waals surface area contributed by atoms with Gasteiger partial charge in [0.1, 0.15) is 6.54 Å². The Labute approximate surface area is 156 Å². The molecule has 0 bridgehead atoms. The van der Waals surface area contributed by atoms with Gasteiger partial charge in [0.15, 0.2) is 5.78 Å². The molecule has 1 amide bonds. The van der Waals surface area contributed by atoms with E-state index in [-0.39, 0.29) is 18.2 Å². The van der Waals surface area contributed by atoms with Crippen molar-refractivity contribution < 1.29 is 9.59 Å². The Hall–Kier alpha value is -3.35. The Morgan fingerprint density at radius 3 is 2.74 bits per heavy atom. The molecule has 0 fully saturated rings. The Morgan fingerprint density at radius 1 is 1.15 bits per heavy atom. The van der Waals surface area contributed by atoms with Crippen LogP contribution in [0, 0.1) is 0 Å². The number of aryl methyl sites for hydroxylation is 2. The first-order valence-corrected chi connectivity index (χ1v) is 8.95. The fraction of sp³-hybridized carbons (Fsp3) is 0.250. The number of tetrazole rings is 1. The molecule has 0 radical (unpaired) electrons. The van der Waals surface area contributed by atoms with Crippen LogP contribution in [0.2, 0.25) is 0 Å². The molecular weight excluding hydrogens is 342 g/mol. The van der Waals surface area contributed by atoms with Gasteiger partial charge in [-0.3, -0.25) is 9.59 Å². The van der Waals surface area contributed by atoms with E-state index in [0.717, 1.165) is 23.2 Å². The topological polar surface area (TPSA) is 89.8 Å². The summed E-state index contributed by atoms with van der Waals surface area (Å²) in [5.74, 6) is 0.409. The predicted octanol–water partition coefficient (Wildman–Crippen LogP) is 2.67. The molecule has 1 aliphatic rings. The van der Waals surface area contributed by atoms with Crippen LogP contribution >= 0.6 is 0 Å². The van der Waals surface area contributed by atoms with E-state index in [4.69, 9.17) is 0 Å². The summed E-state index contributed by atoms with van der Waals surface area (Å²) in [5, 5.41) is 15.2. The number of fused-ring (bicyclic) bond motifs is 1. The van der Waals surface area contributed by atoms with Gasteiger partial charge in [-0.2, -0.15) is 4.80 Å². The summed E-state index contributed by atoms with van der Waals surface area (Å²) < 4.78 is 0. The van der Waals surface area contributed by atoms with Gasteiger partial charge in [0.05, 0.1) is 0 Å². The van der Waals surface area contributed by atoms with E-state index in [1.165, 1.54) is 10.4 Å². The molecule has 1 aromatic heterocycles. The van der Waals surface area contributed by atoms with Crippen LogP contribution in [0.5, 0.6) is 0 Å². The number of benzene rings is 2. The van der Waals surface area contributed by atoms with Crippen LogP contribution in [0.25, 0.3) is 11.4 Å². The minimum absolute atomic E-state index is 0.00731. The first kappa shape index (κ1) is 17.1. The van der Waals surface area contributed by atoms with Crippen LogP contribution in [0.15, 0.2) is 42.5 Å². The third-order valence-corrected chi connectivity index (χ3v) is 4.68. The minimum Gasteiger partial charge on any atom is -0.326 e. The summed E-state index contributed by atoms with van der Waals surface area (Å²) in [6.45, 7) is 2.12. The Kier molecular flexibility index (Phi) is 4.50. The van der Waals surface area contributed by atoms with Crippen LogP contribution in [0.1, 0.15) is 34.8 Å². The van der Waals surface area contributed by atoms with Crippen molar-refractivity contribution in [2.24, 2.45) is 0 Å². The van der Waals surface area contributed by atoms with E-state index in [0.29, 0.717) is 24.2 Å². The lowest BCUT2D eigenvalue weighted by atomic mass is 9.99. The molecule has 7 nitrogen and oxygen atoms in total. The number of nitrogens with one attached hydrogen (secondary N) is 1. The highest BCUT2D eigenvalue weighted by molar-refractivity contribution is 5.98. The lowest BCUT2D eigenvalue weighted by molar-refractivity contribution is -0.116. The van der Waals surface area contributed by atoms with E-state index in [1.807, 2.05) is 30.3 Å². The monoisotopic (exact) mass is 361 g/mol. The fourth-order valence-corrected chi connectivity index (χ4v) is 3.09. The molecule has 136 valence electrons. The van der Waals surface area contributed by atoms with Gasteiger partial charge in [-0.05, 0) is 47.4 Å². The maximum Gasteiger partial charge on any atom is 0.224 e. The van der Waals surface area contributed by atoms with Crippen molar-refractivity contribution in [3.63, 3.8) is 0 Å². The number of hydrogen-bond donors (Lipinski definition) is 1. The zero-order valence-electron chi connectivity index (χ0n) is 15.0. The molecule has 0 aliphatic carbocycles. The number of rotatable bonds is 5. The normalized spacial score (nSPS) is 13.1. The van der Waals surface area contributed by atoms with Gasteiger partial charge >= 0.3 is 0 Å². The molecule has 1 aliphatic heterocycles. The lowest BCUT2D eigenvalue weighted by Crippen LogP contribution is -2.20. The summed E-state index contributed by atoms with van der Waals surface area (Å²) >= 11 is 0. The third-order valence-electron chi connectivity index (χ3n) is 4.68. The molecule has 3 aromatic rings. The first-order valence-electron chi connectivity index (χ1n) is 8.95. The number of aromatic nitrogens is 4. The largest absolute Gasteiger partial charge is 0.326 e. The van der Waals surface area contributed by atoms with Crippen LogP contribution in [0.3, 0.4) is 0 Å². The van der Waals surface area contributed by atoms with Crippen molar-refractivity contribution in [3.8, 4) is 11.4 Å². The van der Waals surface area contributed by atoms with Gasteiger partial charge in [0.25, 0.3) is 0 Å². The van der Waals surface area contributed by atoms with Crippen molar-refractivity contribution in [3.05, 3.63) is 59.2 Å². The van der Waals surface area contributed by atoms with Crippen molar-refractivity contribution in [2.75, 3.05) is 5.32 Å². The second-order valence-corrected chi connectivity index (χ2v) is 6.54. The van der Waals surface area contributed by atoms with Crippen molar-refractivity contribution in [1.82, 2.24) is 20.2 Å². The van der Waals surface area contributed by atoms with Gasteiger partial charge < -0.3 is 5.32 Å². The SMILES string of the molecule is CCc1ccc(-c2nnn(CC(=O)c3ccc4c(c3)CCC(=O)N4)n2)cc1. The summed E-state index contributed by atoms with van der Waals surface area (Å²) in [4.78, 5) is 25.3. The summed E-state index contributed by atoms with van der Waals surface area (Å²) in [6.07, 6.45) is 2.05. The lowest BCUT2D eigenvalue weighted by Gasteiger charge is -2.17. The maximum absolute atomic E-state index is 12.6. The number of carbonyl (C=O) groups excluding carboxylic acids is 2. The molecule has 0 atom stereocenters. The fourth-order valence-electron chi connectivity index (χ4n) is 3.09. The third kappa shape index (κ3) is 3.62. The van der Waals surface area contributed by atoms with Gasteiger partial charge in [0.2, 0.25) is 11.7 Å². The van der Waals surface area contributed by atoms with Crippen LogP contribution in [-0.4, -0.2) is 31.9 Å². The van der Waals surface area contributed by atoms with Crippen LogP contribution < -0.4 is 5.32 Å². The Morgan fingerprint density at radius 2 is 1.96 bits per heavy atom. The molecule has 1 N–H and O–H groups in total. The molecule has 0 saturated heterocycles. The number of carbonyl (C=O) groups is 2. The standard InChI is InChI=1S/C20H19N5O2/c1-2-13-3-5-14(6-4-13)20-22-24-25(23-20)12-18(26)16-7-9-17-15(11-16)8-10-19(27)21-17/h3-7,9,11H,2,8,10,12H2,1H3,(H,21,27). The second-order valence-electron chi connectivity index (χ2n) is 6.54. The number of anilines is 1. The van der Waals surface area contributed by atoms with E-state index < -0.39 is 0 Å². The van der Waals surface area contributed by atoms with Gasteiger partial charge in [-0.25, -0.2) is 0 Å². The molecule has 4 rings (SSSR count). The quantitative estimate of drug-likeness (QED) is 0.706. The highest BCUT2D eigenvalue weighted by atomic mass is 16.1. The van der Waals surface area contributed by atoms with E-state index in [1.54, 1.807) is 12.1 Å². The maximum atomic E-state index is 12.6. The summed E-state index contributed by atoms with van der Waals surface area (Å²) in [6, 6.07) is 13.3. The van der Waals surface area contributed by atoms with Crippen LogP contribution in [0.4, 0.5) is 5.69 Å².